The minimum absolute atomic E-state index is 0.0516. The molecule has 0 bridgehead atoms. The molecule has 0 saturated heterocycles. The molecule has 2 rings (SSSR count). The van der Waals surface area contributed by atoms with Crippen molar-refractivity contribution >= 4 is 27.5 Å². The Balaban J connectivity index is 2.15. The molecule has 1 heterocycles. The summed E-state index contributed by atoms with van der Waals surface area (Å²) in [6, 6.07) is 6.69. The van der Waals surface area contributed by atoms with Crippen LogP contribution >= 0.6 is 0 Å². The lowest BCUT2D eigenvalue weighted by atomic mass is 10.3. The van der Waals surface area contributed by atoms with Crippen molar-refractivity contribution in [1.82, 2.24) is 9.21 Å². The number of phenols is 1. The lowest BCUT2D eigenvalue weighted by molar-refractivity contribution is -0.116. The van der Waals surface area contributed by atoms with E-state index in [1.54, 1.807) is 19.9 Å². The van der Waals surface area contributed by atoms with Crippen molar-refractivity contribution in [3.8, 4) is 5.75 Å². The van der Waals surface area contributed by atoms with E-state index in [0.717, 1.165) is 4.90 Å². The fourth-order valence-corrected chi connectivity index (χ4v) is 4.04. The third-order valence-corrected chi connectivity index (χ3v) is 6.09. The predicted molar refractivity (Wildman–Crippen MR) is 103 cm³/mol. The third-order valence-electron chi connectivity index (χ3n) is 4.04. The summed E-state index contributed by atoms with van der Waals surface area (Å²) in [4.78, 5) is 25.4. The van der Waals surface area contributed by atoms with Gasteiger partial charge in [0, 0.05) is 20.1 Å². The smallest absolute Gasteiger partial charge is 0.289 e. The fourth-order valence-electron chi connectivity index (χ4n) is 2.55. The molecular formula is C18H23N3O6S. The number of amides is 2. The first-order valence-corrected chi connectivity index (χ1v) is 10.1. The van der Waals surface area contributed by atoms with Gasteiger partial charge in [0.25, 0.3) is 5.91 Å². The lowest BCUT2D eigenvalue weighted by Crippen LogP contribution is -2.34. The van der Waals surface area contributed by atoms with E-state index < -0.39 is 21.8 Å². The highest BCUT2D eigenvalue weighted by Gasteiger charge is 2.23. The van der Waals surface area contributed by atoms with E-state index in [0.29, 0.717) is 13.1 Å². The summed E-state index contributed by atoms with van der Waals surface area (Å²) in [6.07, 6.45) is 1.35. The molecule has 0 aliphatic carbocycles. The molecule has 152 valence electrons. The third kappa shape index (κ3) is 4.70. The molecule has 0 spiro atoms. The van der Waals surface area contributed by atoms with Crippen LogP contribution in [0.3, 0.4) is 0 Å². The number of benzene rings is 1. The van der Waals surface area contributed by atoms with Gasteiger partial charge in [0.15, 0.2) is 5.76 Å². The van der Waals surface area contributed by atoms with Crippen LogP contribution in [0.4, 0.5) is 5.69 Å². The normalized spacial score (nSPS) is 11.4. The summed E-state index contributed by atoms with van der Waals surface area (Å²) in [7, 11) is -2.33. The number of hydrogen-bond acceptors (Lipinski definition) is 6. The van der Waals surface area contributed by atoms with Crippen molar-refractivity contribution in [3.63, 3.8) is 0 Å². The Kier molecular flexibility index (Phi) is 6.81. The van der Waals surface area contributed by atoms with Crippen LogP contribution in [0, 0.1) is 0 Å². The van der Waals surface area contributed by atoms with Crippen LogP contribution in [0.15, 0.2) is 45.9 Å². The monoisotopic (exact) mass is 409 g/mol. The van der Waals surface area contributed by atoms with Gasteiger partial charge in [0.05, 0.1) is 23.4 Å². The van der Waals surface area contributed by atoms with E-state index in [1.807, 2.05) is 0 Å². The van der Waals surface area contributed by atoms with Crippen LogP contribution in [-0.4, -0.2) is 61.2 Å². The number of nitrogens with zero attached hydrogens (tertiary/aromatic N) is 2. The molecule has 28 heavy (non-hydrogen) atoms. The second-order valence-corrected chi connectivity index (χ2v) is 7.89. The molecule has 0 saturated carbocycles. The van der Waals surface area contributed by atoms with Gasteiger partial charge in [0.2, 0.25) is 15.9 Å². The van der Waals surface area contributed by atoms with Crippen molar-refractivity contribution in [2.75, 3.05) is 32.0 Å². The minimum atomic E-state index is -3.75. The average molecular weight is 409 g/mol. The molecule has 10 heteroatoms. The molecule has 9 nitrogen and oxygen atoms in total. The Morgan fingerprint density at radius 2 is 1.86 bits per heavy atom. The second kappa shape index (κ2) is 8.89. The average Bonchev–Trinajstić information content (AvgIpc) is 3.18. The van der Waals surface area contributed by atoms with Crippen LogP contribution < -0.4 is 5.32 Å². The molecule has 1 aromatic carbocycles. The maximum absolute atomic E-state index is 12.6. The standard InChI is InChI=1S/C18H23N3O6S/c1-4-21(5-2)28(25,26)13-8-9-15(22)14(11-13)19-17(23)12-20(3)18(24)16-7-6-10-27-16/h6-11,22H,4-5,12H2,1-3H3,(H,19,23). The lowest BCUT2D eigenvalue weighted by Gasteiger charge is -2.19. The zero-order valence-electron chi connectivity index (χ0n) is 15.9. The van der Waals surface area contributed by atoms with Gasteiger partial charge in [-0.25, -0.2) is 8.42 Å². The number of nitrogens with one attached hydrogen (secondary N) is 1. The van der Waals surface area contributed by atoms with Crippen LogP contribution in [0.1, 0.15) is 24.4 Å². The first kappa shape index (κ1) is 21.5. The minimum Gasteiger partial charge on any atom is -0.506 e. The zero-order valence-corrected chi connectivity index (χ0v) is 16.7. The highest BCUT2D eigenvalue weighted by atomic mass is 32.2. The van der Waals surface area contributed by atoms with Crippen molar-refractivity contribution < 1.29 is 27.5 Å². The zero-order chi connectivity index (χ0) is 20.9. The molecule has 0 unspecified atom stereocenters. The molecule has 0 atom stereocenters. The van der Waals surface area contributed by atoms with Crippen molar-refractivity contribution in [2.24, 2.45) is 0 Å². The van der Waals surface area contributed by atoms with Gasteiger partial charge in [-0.3, -0.25) is 9.59 Å². The van der Waals surface area contributed by atoms with Crippen molar-refractivity contribution in [1.29, 1.82) is 0 Å². The maximum Gasteiger partial charge on any atom is 0.289 e. The van der Waals surface area contributed by atoms with Crippen molar-refractivity contribution in [3.05, 3.63) is 42.4 Å². The second-order valence-electron chi connectivity index (χ2n) is 5.95. The molecule has 0 fully saturated rings. The number of anilines is 1. The van der Waals surface area contributed by atoms with Crippen molar-refractivity contribution in [2.45, 2.75) is 18.7 Å². The Hall–Kier alpha value is -2.85. The number of sulfonamides is 1. The van der Waals surface area contributed by atoms with E-state index in [9.17, 15) is 23.1 Å². The number of carbonyl (C=O) groups is 2. The number of carbonyl (C=O) groups excluding carboxylic acids is 2. The number of phenolic OH excluding ortho intramolecular Hbond substituents is 1. The van der Waals surface area contributed by atoms with E-state index in [1.165, 1.54) is 41.9 Å². The first-order chi connectivity index (χ1) is 13.2. The molecule has 0 aliphatic rings. The summed E-state index contributed by atoms with van der Waals surface area (Å²) in [5, 5.41) is 12.4. The van der Waals surface area contributed by atoms with E-state index in [-0.39, 0.29) is 28.6 Å². The Bertz CT molecular complexity index is 936. The molecule has 2 aromatic rings. The Labute approximate surface area is 163 Å². The van der Waals surface area contributed by atoms with Crippen LogP contribution in [0.25, 0.3) is 0 Å². The van der Waals surface area contributed by atoms with Gasteiger partial charge in [-0.2, -0.15) is 4.31 Å². The van der Waals surface area contributed by atoms with E-state index in [4.69, 9.17) is 4.42 Å². The SMILES string of the molecule is CCN(CC)S(=O)(=O)c1ccc(O)c(NC(=O)CN(C)C(=O)c2ccco2)c1. The topological polar surface area (TPSA) is 120 Å². The number of rotatable bonds is 8. The summed E-state index contributed by atoms with van der Waals surface area (Å²) < 4.78 is 31.5. The molecule has 2 amide bonds. The largest absolute Gasteiger partial charge is 0.506 e. The summed E-state index contributed by atoms with van der Waals surface area (Å²) >= 11 is 0. The molecule has 0 aliphatic heterocycles. The summed E-state index contributed by atoms with van der Waals surface area (Å²) in [6.45, 7) is 3.71. The van der Waals surface area contributed by atoms with Crippen LogP contribution in [0.5, 0.6) is 5.75 Å². The van der Waals surface area contributed by atoms with Gasteiger partial charge in [-0.1, -0.05) is 13.8 Å². The highest BCUT2D eigenvalue weighted by Crippen LogP contribution is 2.28. The predicted octanol–water partition coefficient (Wildman–Crippen LogP) is 1.73. The van der Waals surface area contributed by atoms with Gasteiger partial charge < -0.3 is 19.7 Å². The summed E-state index contributed by atoms with van der Waals surface area (Å²) in [5.74, 6) is -1.28. The van der Waals surface area contributed by atoms with Crippen LogP contribution in [0.2, 0.25) is 0 Å². The summed E-state index contributed by atoms with van der Waals surface area (Å²) in [5.41, 5.74) is -0.0583. The molecular weight excluding hydrogens is 386 g/mol. The molecule has 2 N–H and O–H groups in total. The van der Waals surface area contributed by atoms with Gasteiger partial charge >= 0.3 is 0 Å². The number of aromatic hydroxyl groups is 1. The van der Waals surface area contributed by atoms with E-state index in [2.05, 4.69) is 5.32 Å². The maximum atomic E-state index is 12.6. The fraction of sp³-hybridized carbons (Fsp3) is 0.333. The quantitative estimate of drug-likeness (QED) is 0.641. The Morgan fingerprint density at radius 1 is 1.18 bits per heavy atom. The number of furan rings is 1. The molecule has 0 radical (unpaired) electrons. The highest BCUT2D eigenvalue weighted by molar-refractivity contribution is 7.89. The number of likely N-dealkylation sites (N-methyl/N-ethyl adjacent to an activating group) is 1. The Morgan fingerprint density at radius 3 is 2.43 bits per heavy atom. The number of hydrogen-bond donors (Lipinski definition) is 2. The van der Waals surface area contributed by atoms with Gasteiger partial charge in [-0.05, 0) is 30.3 Å². The van der Waals surface area contributed by atoms with Crippen LogP contribution in [-0.2, 0) is 14.8 Å². The van der Waals surface area contributed by atoms with Gasteiger partial charge in [-0.15, -0.1) is 0 Å². The van der Waals surface area contributed by atoms with Gasteiger partial charge in [0.1, 0.15) is 5.75 Å². The first-order valence-electron chi connectivity index (χ1n) is 8.62. The van der Waals surface area contributed by atoms with E-state index >= 15 is 0 Å². The molecule has 1 aromatic heterocycles.